The van der Waals surface area contributed by atoms with Crippen molar-refractivity contribution < 1.29 is 33.0 Å². The summed E-state index contributed by atoms with van der Waals surface area (Å²) in [5.41, 5.74) is 2.92. The van der Waals surface area contributed by atoms with Crippen molar-refractivity contribution in [1.82, 2.24) is 4.98 Å². The first-order valence-electron chi connectivity index (χ1n) is 12.3. The lowest BCUT2D eigenvalue weighted by molar-refractivity contribution is -0.153. The largest absolute Gasteiger partial charge is 0.493 e. The number of rotatable bonds is 10. The number of hydrogen-bond acceptors (Lipinski definition) is 7. The maximum atomic E-state index is 15.0. The monoisotopic (exact) mass is 521 g/mol. The lowest BCUT2D eigenvalue weighted by Crippen LogP contribution is -2.28. The fourth-order valence-corrected chi connectivity index (χ4v) is 4.22. The van der Waals surface area contributed by atoms with Gasteiger partial charge in [0.15, 0.2) is 17.2 Å². The SMILES string of the molecule is COc1ccnc(C(=O)C[C@@H](C)C(=O)O[C@@H](C)[C@H](c2ccc(C)cc2)c2ccc(C)cc2F)c1OC(C)=O. The summed E-state index contributed by atoms with van der Waals surface area (Å²) in [6, 6.07) is 14.1. The average molecular weight is 522 g/mol. The fraction of sp³-hybridized carbons (Fsp3) is 0.333. The van der Waals surface area contributed by atoms with Gasteiger partial charge < -0.3 is 14.2 Å². The summed E-state index contributed by atoms with van der Waals surface area (Å²) in [4.78, 5) is 41.7. The molecule has 0 aliphatic heterocycles. The zero-order valence-electron chi connectivity index (χ0n) is 22.4. The van der Waals surface area contributed by atoms with Crippen molar-refractivity contribution in [3.05, 3.63) is 88.5 Å². The van der Waals surface area contributed by atoms with Crippen molar-refractivity contribution >= 4 is 17.7 Å². The minimum absolute atomic E-state index is 0.101. The zero-order valence-corrected chi connectivity index (χ0v) is 22.4. The van der Waals surface area contributed by atoms with Gasteiger partial charge in [0, 0.05) is 31.5 Å². The number of pyridine rings is 1. The third-order valence-electron chi connectivity index (χ3n) is 6.19. The van der Waals surface area contributed by atoms with Gasteiger partial charge in [-0.15, -0.1) is 0 Å². The number of methoxy groups -OCH3 is 1. The molecule has 0 saturated carbocycles. The van der Waals surface area contributed by atoms with Crippen LogP contribution in [0.2, 0.25) is 0 Å². The number of carbonyl (C=O) groups is 3. The highest BCUT2D eigenvalue weighted by atomic mass is 19.1. The molecule has 3 aromatic rings. The van der Waals surface area contributed by atoms with Crippen molar-refractivity contribution in [3.63, 3.8) is 0 Å². The molecule has 0 bridgehead atoms. The number of Topliss-reactive ketones (excluding diaryl/α,β-unsaturated/α-hetero) is 1. The Labute approximate surface area is 222 Å². The number of nitrogens with zero attached hydrogens (tertiary/aromatic N) is 1. The lowest BCUT2D eigenvalue weighted by atomic mass is 9.86. The molecule has 1 heterocycles. The van der Waals surface area contributed by atoms with Gasteiger partial charge in [-0.2, -0.15) is 0 Å². The Bertz CT molecular complexity index is 1320. The highest BCUT2D eigenvalue weighted by Crippen LogP contribution is 2.34. The number of ether oxygens (including phenoxy) is 3. The minimum atomic E-state index is -0.843. The molecule has 200 valence electrons. The molecule has 8 heteroatoms. The van der Waals surface area contributed by atoms with Gasteiger partial charge >= 0.3 is 11.9 Å². The molecule has 3 atom stereocenters. The highest BCUT2D eigenvalue weighted by molar-refractivity contribution is 5.99. The topological polar surface area (TPSA) is 91.8 Å². The Hall–Kier alpha value is -4.07. The number of aromatic nitrogens is 1. The van der Waals surface area contributed by atoms with Crippen LogP contribution in [0.3, 0.4) is 0 Å². The molecular formula is C30H32FNO6. The van der Waals surface area contributed by atoms with Crippen molar-refractivity contribution in [2.24, 2.45) is 5.92 Å². The molecule has 0 spiro atoms. The second-order valence-corrected chi connectivity index (χ2v) is 9.37. The number of esters is 2. The van der Waals surface area contributed by atoms with Gasteiger partial charge in [0.2, 0.25) is 5.75 Å². The van der Waals surface area contributed by atoms with E-state index in [0.29, 0.717) is 5.56 Å². The third-order valence-corrected chi connectivity index (χ3v) is 6.19. The first-order valence-corrected chi connectivity index (χ1v) is 12.3. The van der Waals surface area contributed by atoms with Crippen LogP contribution in [0.1, 0.15) is 65.9 Å². The molecule has 0 N–H and O–H groups in total. The van der Waals surface area contributed by atoms with E-state index in [-0.39, 0.29) is 29.4 Å². The summed E-state index contributed by atoms with van der Waals surface area (Å²) in [6.07, 6.45) is 0.382. The van der Waals surface area contributed by atoms with Crippen LogP contribution in [-0.2, 0) is 14.3 Å². The summed E-state index contributed by atoms with van der Waals surface area (Å²) < 4.78 is 31.2. The Kier molecular flexibility index (Phi) is 9.34. The van der Waals surface area contributed by atoms with E-state index in [1.165, 1.54) is 32.4 Å². The first-order chi connectivity index (χ1) is 18.0. The fourth-order valence-electron chi connectivity index (χ4n) is 4.22. The van der Waals surface area contributed by atoms with Crippen LogP contribution in [0.15, 0.2) is 54.7 Å². The summed E-state index contributed by atoms with van der Waals surface area (Å²) in [5.74, 6) is -3.49. The van der Waals surface area contributed by atoms with E-state index in [0.717, 1.165) is 16.7 Å². The molecule has 0 radical (unpaired) electrons. The lowest BCUT2D eigenvalue weighted by Gasteiger charge is -2.27. The van der Waals surface area contributed by atoms with Crippen LogP contribution in [-0.4, -0.2) is 35.9 Å². The van der Waals surface area contributed by atoms with Crippen LogP contribution in [0.5, 0.6) is 11.5 Å². The van der Waals surface area contributed by atoms with Gasteiger partial charge in [0.05, 0.1) is 13.0 Å². The van der Waals surface area contributed by atoms with Crippen molar-refractivity contribution in [3.8, 4) is 11.5 Å². The van der Waals surface area contributed by atoms with Crippen LogP contribution < -0.4 is 9.47 Å². The molecular weight excluding hydrogens is 489 g/mol. The highest BCUT2D eigenvalue weighted by Gasteiger charge is 2.30. The molecule has 1 aromatic heterocycles. The number of aryl methyl sites for hydroxylation is 2. The first kappa shape index (κ1) is 28.5. The Morgan fingerprint density at radius 2 is 1.63 bits per heavy atom. The van der Waals surface area contributed by atoms with Crippen LogP contribution in [0.4, 0.5) is 4.39 Å². The number of halogens is 1. The summed E-state index contributed by atoms with van der Waals surface area (Å²) in [6.45, 7) is 8.23. The number of carbonyl (C=O) groups excluding carboxylic acids is 3. The third kappa shape index (κ3) is 6.82. The van der Waals surface area contributed by atoms with Gasteiger partial charge in [-0.25, -0.2) is 9.37 Å². The van der Waals surface area contributed by atoms with Crippen LogP contribution in [0, 0.1) is 25.6 Å². The molecule has 0 saturated heterocycles. The number of benzene rings is 2. The summed E-state index contributed by atoms with van der Waals surface area (Å²) in [7, 11) is 1.37. The number of ketones is 1. The van der Waals surface area contributed by atoms with Gasteiger partial charge in [-0.3, -0.25) is 14.4 Å². The maximum absolute atomic E-state index is 15.0. The van der Waals surface area contributed by atoms with Crippen molar-refractivity contribution in [2.45, 2.75) is 53.1 Å². The van der Waals surface area contributed by atoms with E-state index in [1.807, 2.05) is 37.3 Å². The van der Waals surface area contributed by atoms with E-state index >= 15 is 4.39 Å². The Morgan fingerprint density at radius 1 is 0.974 bits per heavy atom. The molecule has 7 nitrogen and oxygen atoms in total. The Morgan fingerprint density at radius 3 is 2.24 bits per heavy atom. The zero-order chi connectivity index (χ0) is 28.0. The van der Waals surface area contributed by atoms with Gasteiger partial charge in [-0.05, 0) is 43.5 Å². The second kappa shape index (κ2) is 12.4. The summed E-state index contributed by atoms with van der Waals surface area (Å²) in [5, 5.41) is 0. The Balaban J connectivity index is 1.82. The predicted molar refractivity (Wildman–Crippen MR) is 140 cm³/mol. The van der Waals surface area contributed by atoms with E-state index in [4.69, 9.17) is 14.2 Å². The summed E-state index contributed by atoms with van der Waals surface area (Å²) >= 11 is 0. The van der Waals surface area contributed by atoms with Gasteiger partial charge in [0.25, 0.3) is 0 Å². The van der Waals surface area contributed by atoms with E-state index in [2.05, 4.69) is 4.98 Å². The van der Waals surface area contributed by atoms with Crippen molar-refractivity contribution in [2.75, 3.05) is 7.11 Å². The van der Waals surface area contributed by atoms with E-state index in [1.54, 1.807) is 26.8 Å². The smallest absolute Gasteiger partial charge is 0.309 e. The van der Waals surface area contributed by atoms with Crippen molar-refractivity contribution in [1.29, 1.82) is 0 Å². The predicted octanol–water partition coefficient (Wildman–Crippen LogP) is 5.74. The quantitative estimate of drug-likeness (QED) is 0.248. The van der Waals surface area contributed by atoms with Gasteiger partial charge in [-0.1, -0.05) is 48.9 Å². The van der Waals surface area contributed by atoms with Gasteiger partial charge in [0.1, 0.15) is 11.9 Å². The van der Waals surface area contributed by atoms with E-state index < -0.39 is 35.7 Å². The molecule has 3 rings (SSSR count). The normalized spacial score (nSPS) is 13.2. The molecule has 38 heavy (non-hydrogen) atoms. The molecule has 0 aliphatic rings. The molecule has 0 fully saturated rings. The molecule has 0 amide bonds. The molecule has 0 aliphatic carbocycles. The average Bonchev–Trinajstić information content (AvgIpc) is 2.86. The molecule has 2 aromatic carbocycles. The number of hydrogen-bond donors (Lipinski definition) is 0. The molecule has 0 unspecified atom stereocenters. The van der Waals surface area contributed by atoms with E-state index in [9.17, 15) is 14.4 Å². The second-order valence-electron chi connectivity index (χ2n) is 9.37. The minimum Gasteiger partial charge on any atom is -0.493 e. The van der Waals surface area contributed by atoms with Crippen LogP contribution in [0.25, 0.3) is 0 Å². The van der Waals surface area contributed by atoms with Crippen LogP contribution >= 0.6 is 0 Å². The standard InChI is InChI=1S/C30H32FNO6/c1-17-7-10-22(11-8-17)27(23-12-9-18(2)15-24(23)31)20(4)37-30(35)19(3)16-25(34)28-29(38-21(5)33)26(36-6)13-14-32-28/h7-15,19-20,27H,16H2,1-6H3/t19-,20+,27-/m1/s1. The maximum Gasteiger partial charge on any atom is 0.309 e.